The Bertz CT molecular complexity index is 569. The van der Waals surface area contributed by atoms with E-state index in [1.807, 2.05) is 12.1 Å². The highest BCUT2D eigenvalue weighted by Gasteiger charge is 2.39. The van der Waals surface area contributed by atoms with Crippen molar-refractivity contribution in [3.8, 4) is 0 Å². The predicted molar refractivity (Wildman–Crippen MR) is 80.6 cm³/mol. The van der Waals surface area contributed by atoms with Crippen molar-refractivity contribution in [3.05, 3.63) is 17.7 Å². The van der Waals surface area contributed by atoms with E-state index in [1.165, 1.54) is 25.7 Å². The standard InChI is InChI=1S/C16H21N3O/c17-13-5-11-6-16(20)19-14(11)7-15(13)18-8-12-4-9-1-2-10(12)3-9/h5,7,9-10,12,18H,1-4,6,8,17H2,(H,19,20). The molecule has 2 saturated carbocycles. The molecule has 4 nitrogen and oxygen atoms in total. The molecule has 1 aromatic rings. The molecule has 4 rings (SSSR count). The summed E-state index contributed by atoms with van der Waals surface area (Å²) in [5.41, 5.74) is 9.75. The number of nitrogens with two attached hydrogens (primary N) is 1. The number of fused-ring (bicyclic) bond motifs is 3. The van der Waals surface area contributed by atoms with Crippen molar-refractivity contribution < 1.29 is 4.79 Å². The molecule has 2 fully saturated rings. The topological polar surface area (TPSA) is 67.2 Å². The highest BCUT2D eigenvalue weighted by molar-refractivity contribution is 6.00. The van der Waals surface area contributed by atoms with Crippen LogP contribution in [-0.2, 0) is 11.2 Å². The maximum absolute atomic E-state index is 11.4. The average molecular weight is 271 g/mol. The van der Waals surface area contributed by atoms with Crippen molar-refractivity contribution in [1.29, 1.82) is 0 Å². The van der Waals surface area contributed by atoms with Crippen LogP contribution in [0.4, 0.5) is 17.1 Å². The first-order valence-corrected chi connectivity index (χ1v) is 7.65. The fourth-order valence-corrected chi connectivity index (χ4v) is 4.31. The molecule has 2 aliphatic carbocycles. The lowest BCUT2D eigenvalue weighted by Gasteiger charge is -2.23. The van der Waals surface area contributed by atoms with E-state index in [0.717, 1.165) is 46.9 Å². The molecular formula is C16H21N3O. The maximum Gasteiger partial charge on any atom is 0.228 e. The molecule has 3 atom stereocenters. The molecule has 106 valence electrons. The quantitative estimate of drug-likeness (QED) is 0.740. The average Bonchev–Trinajstić information content (AvgIpc) is 3.09. The molecule has 4 N–H and O–H groups in total. The van der Waals surface area contributed by atoms with Crippen molar-refractivity contribution in [2.45, 2.75) is 32.1 Å². The highest BCUT2D eigenvalue weighted by Crippen LogP contribution is 2.48. The van der Waals surface area contributed by atoms with Gasteiger partial charge >= 0.3 is 0 Å². The molecule has 3 unspecified atom stereocenters. The van der Waals surface area contributed by atoms with Gasteiger partial charge in [0, 0.05) is 12.2 Å². The molecule has 1 amide bonds. The van der Waals surface area contributed by atoms with Gasteiger partial charge in [-0.3, -0.25) is 4.79 Å². The number of hydrogen-bond donors (Lipinski definition) is 3. The molecule has 20 heavy (non-hydrogen) atoms. The Morgan fingerprint density at radius 3 is 2.95 bits per heavy atom. The van der Waals surface area contributed by atoms with E-state index >= 15 is 0 Å². The number of amides is 1. The van der Waals surface area contributed by atoms with E-state index in [0.29, 0.717) is 6.42 Å². The molecule has 0 spiro atoms. The van der Waals surface area contributed by atoms with Crippen molar-refractivity contribution in [2.75, 3.05) is 22.9 Å². The van der Waals surface area contributed by atoms with Gasteiger partial charge in [-0.2, -0.15) is 0 Å². The summed E-state index contributed by atoms with van der Waals surface area (Å²) < 4.78 is 0. The van der Waals surface area contributed by atoms with Gasteiger partial charge in [-0.15, -0.1) is 0 Å². The van der Waals surface area contributed by atoms with Crippen molar-refractivity contribution in [2.24, 2.45) is 17.8 Å². The number of carbonyl (C=O) groups is 1. The van der Waals surface area contributed by atoms with E-state index in [2.05, 4.69) is 10.6 Å². The van der Waals surface area contributed by atoms with Crippen LogP contribution < -0.4 is 16.4 Å². The molecule has 1 heterocycles. The molecule has 0 radical (unpaired) electrons. The molecule has 1 aliphatic heterocycles. The second-order valence-electron chi connectivity index (χ2n) is 6.64. The first-order valence-electron chi connectivity index (χ1n) is 7.65. The SMILES string of the molecule is Nc1cc2c(cc1NCC1CC3CCC1C3)NC(=O)C2. The van der Waals surface area contributed by atoms with Gasteiger partial charge in [0.25, 0.3) is 0 Å². The van der Waals surface area contributed by atoms with Gasteiger partial charge in [0.1, 0.15) is 0 Å². The fourth-order valence-electron chi connectivity index (χ4n) is 4.31. The zero-order chi connectivity index (χ0) is 13.7. The Morgan fingerprint density at radius 2 is 2.20 bits per heavy atom. The molecule has 4 heteroatoms. The summed E-state index contributed by atoms with van der Waals surface area (Å²) in [6.45, 7) is 1.01. The number of rotatable bonds is 3. The molecular weight excluding hydrogens is 250 g/mol. The lowest BCUT2D eigenvalue weighted by atomic mass is 9.89. The summed E-state index contributed by atoms with van der Waals surface area (Å²) in [6.07, 6.45) is 6.11. The zero-order valence-electron chi connectivity index (χ0n) is 11.6. The van der Waals surface area contributed by atoms with Gasteiger partial charge in [0.05, 0.1) is 17.8 Å². The maximum atomic E-state index is 11.4. The van der Waals surface area contributed by atoms with Gasteiger partial charge in [-0.25, -0.2) is 0 Å². The van der Waals surface area contributed by atoms with Crippen molar-refractivity contribution in [1.82, 2.24) is 0 Å². The second kappa shape index (κ2) is 4.40. The Balaban J connectivity index is 1.47. The van der Waals surface area contributed by atoms with Crippen LogP contribution >= 0.6 is 0 Å². The predicted octanol–water partition coefficient (Wildman–Crippen LogP) is 2.61. The van der Waals surface area contributed by atoms with Crippen LogP contribution in [-0.4, -0.2) is 12.5 Å². The van der Waals surface area contributed by atoms with Crippen molar-refractivity contribution >= 4 is 23.0 Å². The van der Waals surface area contributed by atoms with Crippen molar-refractivity contribution in [3.63, 3.8) is 0 Å². The van der Waals surface area contributed by atoms with Gasteiger partial charge in [0.15, 0.2) is 0 Å². The minimum atomic E-state index is 0.0599. The lowest BCUT2D eigenvalue weighted by Crippen LogP contribution is -2.20. The minimum absolute atomic E-state index is 0.0599. The molecule has 0 aromatic heterocycles. The van der Waals surface area contributed by atoms with Crippen LogP contribution in [0.25, 0.3) is 0 Å². The third-order valence-electron chi connectivity index (χ3n) is 5.34. The third-order valence-corrected chi connectivity index (χ3v) is 5.34. The number of carbonyl (C=O) groups excluding carboxylic acids is 1. The van der Waals surface area contributed by atoms with Gasteiger partial charge in [0.2, 0.25) is 5.91 Å². The van der Waals surface area contributed by atoms with Crippen LogP contribution in [0.3, 0.4) is 0 Å². The van der Waals surface area contributed by atoms with Crippen LogP contribution in [0.2, 0.25) is 0 Å². The third kappa shape index (κ3) is 1.94. The van der Waals surface area contributed by atoms with Crippen LogP contribution in [0, 0.1) is 17.8 Å². The Kier molecular flexibility index (Phi) is 2.65. The highest BCUT2D eigenvalue weighted by atomic mass is 16.1. The first kappa shape index (κ1) is 12.1. The largest absolute Gasteiger partial charge is 0.397 e. The number of nitrogens with one attached hydrogen (secondary N) is 2. The zero-order valence-corrected chi connectivity index (χ0v) is 11.6. The van der Waals surface area contributed by atoms with Crippen LogP contribution in [0.5, 0.6) is 0 Å². The summed E-state index contributed by atoms with van der Waals surface area (Å²) in [4.78, 5) is 11.4. The number of nitrogen functional groups attached to an aromatic ring is 1. The summed E-state index contributed by atoms with van der Waals surface area (Å²) in [7, 11) is 0. The van der Waals surface area contributed by atoms with Gasteiger partial charge in [-0.1, -0.05) is 6.42 Å². The van der Waals surface area contributed by atoms with E-state index in [-0.39, 0.29) is 5.91 Å². The van der Waals surface area contributed by atoms with E-state index in [1.54, 1.807) is 0 Å². The lowest BCUT2D eigenvalue weighted by molar-refractivity contribution is -0.115. The van der Waals surface area contributed by atoms with Gasteiger partial charge < -0.3 is 16.4 Å². The number of hydrogen-bond acceptors (Lipinski definition) is 3. The molecule has 0 saturated heterocycles. The Hall–Kier alpha value is -1.71. The molecule has 3 aliphatic rings. The fraction of sp³-hybridized carbons (Fsp3) is 0.562. The van der Waals surface area contributed by atoms with E-state index < -0.39 is 0 Å². The normalized spacial score (nSPS) is 30.4. The van der Waals surface area contributed by atoms with Crippen LogP contribution in [0.1, 0.15) is 31.2 Å². The number of anilines is 3. The molecule has 1 aromatic carbocycles. The summed E-state index contributed by atoms with van der Waals surface area (Å²) in [5, 5.41) is 6.39. The first-order chi connectivity index (χ1) is 9.69. The van der Waals surface area contributed by atoms with E-state index in [4.69, 9.17) is 5.73 Å². The van der Waals surface area contributed by atoms with E-state index in [9.17, 15) is 4.79 Å². The second-order valence-corrected chi connectivity index (χ2v) is 6.64. The Labute approximate surface area is 119 Å². The summed E-state index contributed by atoms with van der Waals surface area (Å²) in [6, 6.07) is 3.92. The summed E-state index contributed by atoms with van der Waals surface area (Å²) in [5.74, 6) is 2.76. The Morgan fingerprint density at radius 1 is 1.30 bits per heavy atom. The molecule has 2 bridgehead atoms. The smallest absolute Gasteiger partial charge is 0.228 e. The van der Waals surface area contributed by atoms with Crippen LogP contribution in [0.15, 0.2) is 12.1 Å². The minimum Gasteiger partial charge on any atom is -0.397 e. The summed E-state index contributed by atoms with van der Waals surface area (Å²) >= 11 is 0. The van der Waals surface area contributed by atoms with Gasteiger partial charge in [-0.05, 0) is 54.7 Å². The monoisotopic (exact) mass is 271 g/mol. The number of benzene rings is 1.